The molecule has 0 aromatic rings. The summed E-state index contributed by atoms with van der Waals surface area (Å²) in [6.07, 6.45) is 4.91. The maximum Gasteiger partial charge on any atom is 0.219 e. The van der Waals surface area contributed by atoms with Gasteiger partial charge in [-0.05, 0) is 38.8 Å². The minimum atomic E-state index is 0.224. The monoisotopic (exact) mass is 253 g/mol. The highest BCUT2D eigenvalue weighted by molar-refractivity contribution is 5.73. The molecule has 2 fully saturated rings. The van der Waals surface area contributed by atoms with Gasteiger partial charge in [0.25, 0.3) is 0 Å². The third-order valence-corrected chi connectivity index (χ3v) is 4.49. The molecule has 2 aliphatic heterocycles. The van der Waals surface area contributed by atoms with Crippen LogP contribution in [-0.2, 0) is 4.79 Å². The average Bonchev–Trinajstić information content (AvgIpc) is 2.84. The molecule has 104 valence electrons. The molecule has 0 spiro atoms. The molecule has 4 heteroatoms. The van der Waals surface area contributed by atoms with Crippen LogP contribution in [0.15, 0.2) is 0 Å². The standard InChI is InChI=1S/C14H27N3O/c1-3-16-8-4-5-14(16)11-15-13-6-9-17(10-7-13)12(2)18/h13-15H,3-11H2,1-2H3. The summed E-state index contributed by atoms with van der Waals surface area (Å²) in [4.78, 5) is 15.8. The van der Waals surface area contributed by atoms with Crippen LogP contribution in [0.5, 0.6) is 0 Å². The third kappa shape index (κ3) is 3.45. The van der Waals surface area contributed by atoms with Gasteiger partial charge in [0, 0.05) is 38.6 Å². The lowest BCUT2D eigenvalue weighted by Gasteiger charge is -2.33. The molecular weight excluding hydrogens is 226 g/mol. The van der Waals surface area contributed by atoms with Gasteiger partial charge in [0.1, 0.15) is 0 Å². The van der Waals surface area contributed by atoms with E-state index in [0.717, 1.165) is 38.5 Å². The number of likely N-dealkylation sites (N-methyl/N-ethyl adjacent to an activating group) is 1. The van der Waals surface area contributed by atoms with Crippen LogP contribution < -0.4 is 5.32 Å². The number of piperidine rings is 1. The van der Waals surface area contributed by atoms with Gasteiger partial charge in [0.15, 0.2) is 0 Å². The fraction of sp³-hybridized carbons (Fsp3) is 0.929. The number of likely N-dealkylation sites (tertiary alicyclic amines) is 2. The van der Waals surface area contributed by atoms with Crippen LogP contribution in [0, 0.1) is 0 Å². The summed E-state index contributed by atoms with van der Waals surface area (Å²) in [5.74, 6) is 0.224. The zero-order valence-corrected chi connectivity index (χ0v) is 11.8. The van der Waals surface area contributed by atoms with E-state index in [1.807, 2.05) is 4.90 Å². The van der Waals surface area contributed by atoms with Gasteiger partial charge in [-0.1, -0.05) is 6.92 Å². The zero-order chi connectivity index (χ0) is 13.0. The van der Waals surface area contributed by atoms with Crippen LogP contribution in [0.2, 0.25) is 0 Å². The Kier molecular flexibility index (Phi) is 5.01. The predicted octanol–water partition coefficient (Wildman–Crippen LogP) is 1.07. The van der Waals surface area contributed by atoms with Crippen LogP contribution in [0.1, 0.15) is 39.5 Å². The van der Waals surface area contributed by atoms with Crippen LogP contribution in [0.25, 0.3) is 0 Å². The summed E-state index contributed by atoms with van der Waals surface area (Å²) in [5, 5.41) is 3.71. The molecule has 1 N–H and O–H groups in total. The summed E-state index contributed by atoms with van der Waals surface area (Å²) in [5.41, 5.74) is 0. The quantitative estimate of drug-likeness (QED) is 0.814. The van der Waals surface area contributed by atoms with Crippen molar-refractivity contribution >= 4 is 5.91 Å². The summed E-state index contributed by atoms with van der Waals surface area (Å²) >= 11 is 0. The molecule has 2 heterocycles. The fourth-order valence-electron chi connectivity index (χ4n) is 3.24. The van der Waals surface area contributed by atoms with E-state index in [1.54, 1.807) is 6.92 Å². The van der Waals surface area contributed by atoms with Gasteiger partial charge in [-0.15, -0.1) is 0 Å². The lowest BCUT2D eigenvalue weighted by molar-refractivity contribution is -0.129. The van der Waals surface area contributed by atoms with E-state index in [-0.39, 0.29) is 5.91 Å². The van der Waals surface area contributed by atoms with Gasteiger partial charge in [-0.3, -0.25) is 9.69 Å². The van der Waals surface area contributed by atoms with E-state index in [2.05, 4.69) is 17.1 Å². The predicted molar refractivity (Wildman–Crippen MR) is 73.5 cm³/mol. The van der Waals surface area contributed by atoms with E-state index in [0.29, 0.717) is 6.04 Å². The van der Waals surface area contributed by atoms with Crippen molar-refractivity contribution in [1.29, 1.82) is 0 Å². The van der Waals surface area contributed by atoms with Gasteiger partial charge in [0.05, 0.1) is 0 Å². The van der Waals surface area contributed by atoms with E-state index >= 15 is 0 Å². The number of nitrogens with one attached hydrogen (secondary N) is 1. The zero-order valence-electron chi connectivity index (χ0n) is 11.8. The normalized spacial score (nSPS) is 26.8. The minimum absolute atomic E-state index is 0.224. The maximum atomic E-state index is 11.3. The van der Waals surface area contributed by atoms with E-state index in [4.69, 9.17) is 0 Å². The first-order valence-corrected chi connectivity index (χ1v) is 7.43. The molecule has 0 aromatic heterocycles. The Labute approximate surface area is 111 Å². The maximum absolute atomic E-state index is 11.3. The van der Waals surface area contributed by atoms with Crippen molar-refractivity contribution < 1.29 is 4.79 Å². The molecular formula is C14H27N3O. The molecule has 0 aromatic carbocycles. The smallest absolute Gasteiger partial charge is 0.219 e. The first kappa shape index (κ1) is 13.8. The first-order valence-electron chi connectivity index (χ1n) is 7.43. The minimum Gasteiger partial charge on any atom is -0.343 e. The SMILES string of the molecule is CCN1CCCC1CNC1CCN(C(C)=O)CC1. The summed E-state index contributed by atoms with van der Waals surface area (Å²) in [7, 11) is 0. The van der Waals surface area contributed by atoms with Crippen LogP contribution >= 0.6 is 0 Å². The number of amides is 1. The summed E-state index contributed by atoms with van der Waals surface area (Å²) < 4.78 is 0. The van der Waals surface area contributed by atoms with Gasteiger partial charge in [-0.2, -0.15) is 0 Å². The molecule has 1 unspecified atom stereocenters. The number of carbonyl (C=O) groups excluding carboxylic acids is 1. The number of nitrogens with zero attached hydrogens (tertiary/aromatic N) is 2. The van der Waals surface area contributed by atoms with Crippen molar-refractivity contribution in [2.45, 2.75) is 51.6 Å². The van der Waals surface area contributed by atoms with Gasteiger partial charge >= 0.3 is 0 Å². The van der Waals surface area contributed by atoms with Crippen molar-refractivity contribution in [1.82, 2.24) is 15.1 Å². The van der Waals surface area contributed by atoms with E-state index < -0.39 is 0 Å². The van der Waals surface area contributed by atoms with Gasteiger partial charge in [-0.25, -0.2) is 0 Å². The highest BCUT2D eigenvalue weighted by atomic mass is 16.2. The van der Waals surface area contributed by atoms with Crippen LogP contribution in [0.3, 0.4) is 0 Å². The molecule has 18 heavy (non-hydrogen) atoms. The second-order valence-corrected chi connectivity index (χ2v) is 5.61. The Bertz CT molecular complexity index is 274. The van der Waals surface area contributed by atoms with E-state index in [1.165, 1.54) is 25.9 Å². The summed E-state index contributed by atoms with van der Waals surface area (Å²) in [6.45, 7) is 9.35. The topological polar surface area (TPSA) is 35.6 Å². The number of hydrogen-bond acceptors (Lipinski definition) is 3. The molecule has 2 saturated heterocycles. The fourth-order valence-corrected chi connectivity index (χ4v) is 3.24. The highest BCUT2D eigenvalue weighted by Crippen LogP contribution is 2.17. The van der Waals surface area contributed by atoms with E-state index in [9.17, 15) is 4.79 Å². The lowest BCUT2D eigenvalue weighted by Crippen LogP contribution is -2.47. The second kappa shape index (κ2) is 6.53. The largest absolute Gasteiger partial charge is 0.343 e. The number of hydrogen-bond donors (Lipinski definition) is 1. The number of carbonyl (C=O) groups is 1. The second-order valence-electron chi connectivity index (χ2n) is 5.61. The molecule has 0 saturated carbocycles. The Balaban J connectivity index is 1.67. The Morgan fingerprint density at radius 3 is 2.56 bits per heavy atom. The molecule has 2 rings (SSSR count). The Hall–Kier alpha value is -0.610. The average molecular weight is 253 g/mol. The molecule has 0 bridgehead atoms. The molecule has 0 radical (unpaired) electrons. The van der Waals surface area contributed by atoms with Gasteiger partial charge in [0.2, 0.25) is 5.91 Å². The Morgan fingerprint density at radius 2 is 1.94 bits per heavy atom. The lowest BCUT2D eigenvalue weighted by atomic mass is 10.0. The molecule has 4 nitrogen and oxygen atoms in total. The highest BCUT2D eigenvalue weighted by Gasteiger charge is 2.25. The third-order valence-electron chi connectivity index (χ3n) is 4.49. The molecule has 2 aliphatic rings. The number of rotatable bonds is 4. The van der Waals surface area contributed by atoms with Gasteiger partial charge < -0.3 is 10.2 Å². The first-order chi connectivity index (χ1) is 8.70. The molecule has 1 atom stereocenters. The Morgan fingerprint density at radius 1 is 1.22 bits per heavy atom. The van der Waals surface area contributed by atoms with Crippen LogP contribution in [-0.4, -0.2) is 60.5 Å². The van der Waals surface area contributed by atoms with Crippen molar-refractivity contribution in [3.05, 3.63) is 0 Å². The van der Waals surface area contributed by atoms with Crippen LogP contribution in [0.4, 0.5) is 0 Å². The molecule has 1 amide bonds. The van der Waals surface area contributed by atoms with Crippen molar-refractivity contribution in [3.8, 4) is 0 Å². The van der Waals surface area contributed by atoms with Crippen molar-refractivity contribution in [3.63, 3.8) is 0 Å². The van der Waals surface area contributed by atoms with Crippen molar-refractivity contribution in [2.75, 3.05) is 32.7 Å². The van der Waals surface area contributed by atoms with Crippen molar-refractivity contribution in [2.24, 2.45) is 0 Å². The molecule has 0 aliphatic carbocycles. The summed E-state index contributed by atoms with van der Waals surface area (Å²) in [6, 6.07) is 1.35.